The van der Waals surface area contributed by atoms with E-state index in [2.05, 4.69) is 14.9 Å². The van der Waals surface area contributed by atoms with Crippen LogP contribution < -0.4 is 4.90 Å². The number of rotatable bonds is 3. The van der Waals surface area contributed by atoms with E-state index in [1.165, 1.54) is 0 Å². The van der Waals surface area contributed by atoms with Gasteiger partial charge in [0.2, 0.25) is 10.0 Å². The minimum atomic E-state index is -3.54. The van der Waals surface area contributed by atoms with E-state index in [9.17, 15) is 8.42 Å². The summed E-state index contributed by atoms with van der Waals surface area (Å²) < 4.78 is 28.0. The molecule has 0 aliphatic carbocycles. The van der Waals surface area contributed by atoms with Crippen LogP contribution in [0.5, 0.6) is 0 Å². The fourth-order valence-electron chi connectivity index (χ4n) is 3.15. The van der Waals surface area contributed by atoms with Crippen molar-refractivity contribution in [3.63, 3.8) is 0 Å². The number of anilines is 1. The lowest BCUT2D eigenvalue weighted by Crippen LogP contribution is -2.35. The monoisotopic (exact) mass is 374 g/mol. The molecule has 0 bridgehead atoms. The number of thiazole rings is 1. The summed E-state index contributed by atoms with van der Waals surface area (Å²) in [5.74, 6) is 0. The van der Waals surface area contributed by atoms with Crippen LogP contribution in [-0.4, -0.2) is 48.9 Å². The number of sulfonamides is 1. The molecule has 0 N–H and O–H groups in total. The van der Waals surface area contributed by atoms with Crippen LogP contribution in [0.3, 0.4) is 0 Å². The predicted molar refractivity (Wildman–Crippen MR) is 99.4 cm³/mol. The van der Waals surface area contributed by atoms with Gasteiger partial charge in [-0.15, -0.1) is 11.3 Å². The highest BCUT2D eigenvalue weighted by Gasteiger charge is 2.28. The highest BCUT2D eigenvalue weighted by Crippen LogP contribution is 2.27. The Kier molecular flexibility index (Phi) is 4.41. The molecule has 0 spiro atoms. The second-order valence-corrected chi connectivity index (χ2v) is 8.69. The predicted octanol–water partition coefficient (Wildman–Crippen LogP) is 2.59. The molecule has 25 heavy (non-hydrogen) atoms. The van der Waals surface area contributed by atoms with Gasteiger partial charge in [0.15, 0.2) is 5.13 Å². The lowest BCUT2D eigenvalue weighted by molar-refractivity contribution is 0.433. The van der Waals surface area contributed by atoms with E-state index in [1.54, 1.807) is 52.4 Å². The summed E-state index contributed by atoms with van der Waals surface area (Å²) in [7, 11) is -3.54. The van der Waals surface area contributed by atoms with E-state index in [0.717, 1.165) is 28.9 Å². The lowest BCUT2D eigenvalue weighted by atomic mass is 10.2. The Morgan fingerprint density at radius 3 is 2.80 bits per heavy atom. The number of pyridine rings is 1. The van der Waals surface area contributed by atoms with Crippen LogP contribution in [0.4, 0.5) is 5.13 Å². The van der Waals surface area contributed by atoms with Gasteiger partial charge in [0.1, 0.15) is 0 Å². The molecular weight excluding hydrogens is 356 g/mol. The second kappa shape index (κ2) is 6.70. The van der Waals surface area contributed by atoms with E-state index >= 15 is 0 Å². The number of fused-ring (bicyclic) bond motifs is 1. The summed E-state index contributed by atoms with van der Waals surface area (Å²) in [6.45, 7) is 2.45. The molecule has 2 aromatic heterocycles. The van der Waals surface area contributed by atoms with Crippen molar-refractivity contribution < 1.29 is 8.42 Å². The van der Waals surface area contributed by atoms with E-state index in [-0.39, 0.29) is 0 Å². The van der Waals surface area contributed by atoms with Crippen molar-refractivity contribution in [2.24, 2.45) is 0 Å². The standard InChI is InChI=1S/C17H18N4O2S2/c22-25(23,16-4-1-3-14-13-18-6-5-15(14)16)21-9-2-8-20(10-11-21)17-19-7-12-24-17/h1,3-7,12-13H,2,8-11H2. The van der Waals surface area contributed by atoms with Gasteiger partial charge in [-0.1, -0.05) is 12.1 Å². The quantitative estimate of drug-likeness (QED) is 0.705. The Bertz CT molecular complexity index is 968. The summed E-state index contributed by atoms with van der Waals surface area (Å²) in [6, 6.07) is 7.10. The Morgan fingerprint density at radius 1 is 1.04 bits per heavy atom. The van der Waals surface area contributed by atoms with Gasteiger partial charge in [0.05, 0.1) is 4.90 Å². The minimum Gasteiger partial charge on any atom is -0.347 e. The van der Waals surface area contributed by atoms with Crippen molar-refractivity contribution in [3.8, 4) is 0 Å². The summed E-state index contributed by atoms with van der Waals surface area (Å²) in [4.78, 5) is 10.9. The molecular formula is C17H18N4O2S2. The number of hydrogen-bond donors (Lipinski definition) is 0. The zero-order valence-electron chi connectivity index (χ0n) is 13.6. The topological polar surface area (TPSA) is 66.4 Å². The number of hydrogen-bond acceptors (Lipinski definition) is 6. The fraction of sp³-hybridized carbons (Fsp3) is 0.294. The maximum atomic E-state index is 13.2. The average molecular weight is 374 g/mol. The summed E-state index contributed by atoms with van der Waals surface area (Å²) in [5, 5.41) is 4.45. The largest absolute Gasteiger partial charge is 0.347 e. The highest BCUT2D eigenvalue weighted by atomic mass is 32.2. The van der Waals surface area contributed by atoms with Gasteiger partial charge < -0.3 is 4.90 Å². The van der Waals surface area contributed by atoms with Crippen molar-refractivity contribution >= 4 is 37.3 Å². The van der Waals surface area contributed by atoms with Crippen molar-refractivity contribution in [1.29, 1.82) is 0 Å². The first-order valence-electron chi connectivity index (χ1n) is 8.13. The van der Waals surface area contributed by atoms with Crippen LogP contribution in [-0.2, 0) is 10.0 Å². The first-order chi connectivity index (χ1) is 12.2. The molecule has 1 aliphatic rings. The molecule has 0 amide bonds. The molecule has 0 unspecified atom stereocenters. The Balaban J connectivity index is 1.64. The molecule has 4 rings (SSSR count). The molecule has 1 saturated heterocycles. The Labute approximate surface area is 150 Å². The molecule has 1 aliphatic heterocycles. The van der Waals surface area contributed by atoms with Crippen molar-refractivity contribution in [3.05, 3.63) is 48.2 Å². The molecule has 3 aromatic rings. The molecule has 3 heterocycles. The van der Waals surface area contributed by atoms with Gasteiger partial charge in [0, 0.05) is 60.9 Å². The van der Waals surface area contributed by atoms with Crippen molar-refractivity contribution in [2.75, 3.05) is 31.1 Å². The van der Waals surface area contributed by atoms with Crippen LogP contribution in [0.15, 0.2) is 53.1 Å². The highest BCUT2D eigenvalue weighted by molar-refractivity contribution is 7.89. The Hall–Kier alpha value is -2.03. The van der Waals surface area contributed by atoms with Gasteiger partial charge in [-0.25, -0.2) is 13.4 Å². The summed E-state index contributed by atoms with van der Waals surface area (Å²) in [6.07, 6.45) is 5.89. The molecule has 1 aromatic carbocycles. The lowest BCUT2D eigenvalue weighted by Gasteiger charge is -2.22. The van der Waals surface area contributed by atoms with E-state index < -0.39 is 10.0 Å². The van der Waals surface area contributed by atoms with Crippen LogP contribution in [0, 0.1) is 0 Å². The van der Waals surface area contributed by atoms with Gasteiger partial charge >= 0.3 is 0 Å². The molecule has 1 fully saturated rings. The third-order valence-electron chi connectivity index (χ3n) is 4.40. The van der Waals surface area contributed by atoms with Crippen LogP contribution in [0.2, 0.25) is 0 Å². The number of nitrogens with zero attached hydrogens (tertiary/aromatic N) is 4. The van der Waals surface area contributed by atoms with Gasteiger partial charge in [-0.05, 0) is 18.6 Å². The third kappa shape index (κ3) is 3.12. The normalized spacial score (nSPS) is 16.9. The molecule has 0 atom stereocenters. The van der Waals surface area contributed by atoms with E-state index in [1.807, 2.05) is 11.4 Å². The molecule has 0 radical (unpaired) electrons. The first kappa shape index (κ1) is 16.4. The third-order valence-corrected chi connectivity index (χ3v) is 7.19. The molecule has 0 saturated carbocycles. The second-order valence-electron chi connectivity index (χ2n) is 5.91. The van der Waals surface area contributed by atoms with Crippen LogP contribution in [0.1, 0.15) is 6.42 Å². The van der Waals surface area contributed by atoms with Crippen molar-refractivity contribution in [1.82, 2.24) is 14.3 Å². The average Bonchev–Trinajstić information content (AvgIpc) is 3.05. The maximum Gasteiger partial charge on any atom is 0.243 e. The molecule has 6 nitrogen and oxygen atoms in total. The molecule has 130 valence electrons. The van der Waals surface area contributed by atoms with Gasteiger partial charge in [-0.3, -0.25) is 4.98 Å². The van der Waals surface area contributed by atoms with E-state index in [0.29, 0.717) is 24.5 Å². The fourth-order valence-corrected chi connectivity index (χ4v) is 5.54. The zero-order chi connectivity index (χ0) is 17.3. The SMILES string of the molecule is O=S(=O)(c1cccc2cnccc12)N1CCCN(c2nccs2)CC1. The molecule has 8 heteroatoms. The van der Waals surface area contributed by atoms with Gasteiger partial charge in [0.25, 0.3) is 0 Å². The number of aromatic nitrogens is 2. The van der Waals surface area contributed by atoms with Crippen molar-refractivity contribution in [2.45, 2.75) is 11.3 Å². The van der Waals surface area contributed by atoms with Crippen LogP contribution in [0.25, 0.3) is 10.8 Å². The van der Waals surface area contributed by atoms with Gasteiger partial charge in [-0.2, -0.15) is 4.31 Å². The zero-order valence-corrected chi connectivity index (χ0v) is 15.2. The first-order valence-corrected chi connectivity index (χ1v) is 10.5. The number of benzene rings is 1. The van der Waals surface area contributed by atoms with Crippen LogP contribution >= 0.6 is 11.3 Å². The summed E-state index contributed by atoms with van der Waals surface area (Å²) >= 11 is 1.59. The summed E-state index contributed by atoms with van der Waals surface area (Å²) in [5.41, 5.74) is 0. The minimum absolute atomic E-state index is 0.357. The Morgan fingerprint density at radius 2 is 1.96 bits per heavy atom. The smallest absolute Gasteiger partial charge is 0.243 e. The maximum absolute atomic E-state index is 13.2. The van der Waals surface area contributed by atoms with E-state index in [4.69, 9.17) is 0 Å².